The van der Waals surface area contributed by atoms with Crippen molar-refractivity contribution in [1.82, 2.24) is 15.0 Å². The van der Waals surface area contributed by atoms with Gasteiger partial charge in [0.05, 0.1) is 6.04 Å². The summed E-state index contributed by atoms with van der Waals surface area (Å²) in [5.41, 5.74) is 5.72. The summed E-state index contributed by atoms with van der Waals surface area (Å²) in [5, 5.41) is 3.90. The second-order valence-corrected chi connectivity index (χ2v) is 5.17. The summed E-state index contributed by atoms with van der Waals surface area (Å²) >= 11 is 0. The van der Waals surface area contributed by atoms with Crippen molar-refractivity contribution in [2.24, 2.45) is 5.73 Å². The Kier molecular flexibility index (Phi) is 3.79. The molecule has 1 aliphatic rings. The number of hydrogen-bond acceptors (Lipinski definition) is 5. The van der Waals surface area contributed by atoms with Crippen LogP contribution in [0.15, 0.2) is 4.52 Å². The van der Waals surface area contributed by atoms with E-state index in [4.69, 9.17) is 10.3 Å². The fraction of sp³-hybridized carbons (Fsp3) is 0.833. The molecule has 5 heteroatoms. The van der Waals surface area contributed by atoms with Gasteiger partial charge in [-0.1, -0.05) is 5.16 Å². The quantitative estimate of drug-likeness (QED) is 0.861. The average Bonchev–Trinajstić information content (AvgIpc) is 2.86. The van der Waals surface area contributed by atoms with Gasteiger partial charge < -0.3 is 10.3 Å². The Morgan fingerprint density at radius 3 is 2.82 bits per heavy atom. The predicted octanol–water partition coefficient (Wildman–Crippen LogP) is 1.50. The zero-order valence-electron chi connectivity index (χ0n) is 10.9. The molecule has 2 atom stereocenters. The van der Waals surface area contributed by atoms with Gasteiger partial charge in [-0.05, 0) is 40.2 Å². The normalized spacial score (nSPS) is 23.5. The van der Waals surface area contributed by atoms with Gasteiger partial charge in [0.1, 0.15) is 0 Å². The van der Waals surface area contributed by atoms with Crippen LogP contribution in [0.5, 0.6) is 0 Å². The molecule has 5 nitrogen and oxygen atoms in total. The van der Waals surface area contributed by atoms with Crippen LogP contribution in [0.1, 0.15) is 51.4 Å². The van der Waals surface area contributed by atoms with Crippen molar-refractivity contribution in [2.45, 2.75) is 58.2 Å². The highest BCUT2D eigenvalue weighted by Crippen LogP contribution is 2.23. The molecular formula is C12H22N4O. The molecule has 17 heavy (non-hydrogen) atoms. The van der Waals surface area contributed by atoms with Crippen LogP contribution in [0.25, 0.3) is 0 Å². The maximum absolute atomic E-state index is 5.72. The Morgan fingerprint density at radius 1 is 1.47 bits per heavy atom. The molecule has 0 bridgehead atoms. The molecule has 1 aliphatic heterocycles. The van der Waals surface area contributed by atoms with Crippen LogP contribution in [0.2, 0.25) is 0 Å². The molecule has 0 aliphatic carbocycles. The van der Waals surface area contributed by atoms with Crippen molar-refractivity contribution in [3.05, 3.63) is 11.7 Å². The highest BCUT2D eigenvalue weighted by molar-refractivity contribution is 4.95. The fourth-order valence-corrected chi connectivity index (χ4v) is 2.49. The summed E-state index contributed by atoms with van der Waals surface area (Å²) in [7, 11) is 0. The van der Waals surface area contributed by atoms with E-state index in [1.165, 1.54) is 19.4 Å². The first-order valence-corrected chi connectivity index (χ1v) is 6.41. The average molecular weight is 238 g/mol. The standard InChI is InChI=1S/C12H22N4O/c1-8(2)16-6-4-5-10(16)7-11-14-12(9(3)13)15-17-11/h8-10H,4-7,13H2,1-3H3. The van der Waals surface area contributed by atoms with Crippen LogP contribution in [-0.4, -0.2) is 33.7 Å². The Morgan fingerprint density at radius 2 is 2.24 bits per heavy atom. The lowest BCUT2D eigenvalue weighted by molar-refractivity contribution is 0.192. The Labute approximate surface area is 102 Å². The molecule has 0 saturated carbocycles. The molecule has 2 heterocycles. The van der Waals surface area contributed by atoms with Gasteiger partial charge in [0.15, 0.2) is 5.82 Å². The Balaban J connectivity index is 1.99. The largest absolute Gasteiger partial charge is 0.339 e. The molecule has 1 saturated heterocycles. The van der Waals surface area contributed by atoms with Crippen LogP contribution >= 0.6 is 0 Å². The minimum Gasteiger partial charge on any atom is -0.339 e. The van der Waals surface area contributed by atoms with E-state index < -0.39 is 0 Å². The summed E-state index contributed by atoms with van der Waals surface area (Å²) in [6.45, 7) is 7.51. The van der Waals surface area contributed by atoms with E-state index in [1.54, 1.807) is 0 Å². The second-order valence-electron chi connectivity index (χ2n) is 5.17. The van der Waals surface area contributed by atoms with Gasteiger partial charge in [-0.2, -0.15) is 4.98 Å². The number of hydrogen-bond donors (Lipinski definition) is 1. The third-order valence-corrected chi connectivity index (χ3v) is 3.39. The van der Waals surface area contributed by atoms with Gasteiger partial charge in [0.25, 0.3) is 0 Å². The van der Waals surface area contributed by atoms with Crippen molar-refractivity contribution in [2.75, 3.05) is 6.54 Å². The molecule has 0 spiro atoms. The minimum atomic E-state index is -0.155. The van der Waals surface area contributed by atoms with E-state index in [0.29, 0.717) is 17.9 Å². The van der Waals surface area contributed by atoms with Crippen molar-refractivity contribution in [3.63, 3.8) is 0 Å². The number of rotatable bonds is 4. The van der Waals surface area contributed by atoms with Gasteiger partial charge in [-0.15, -0.1) is 0 Å². The van der Waals surface area contributed by atoms with Crippen LogP contribution in [0.4, 0.5) is 0 Å². The maximum atomic E-state index is 5.72. The third kappa shape index (κ3) is 2.84. The molecule has 1 aromatic heterocycles. The maximum Gasteiger partial charge on any atom is 0.228 e. The predicted molar refractivity (Wildman–Crippen MR) is 65.5 cm³/mol. The molecule has 1 fully saturated rings. The van der Waals surface area contributed by atoms with Gasteiger partial charge >= 0.3 is 0 Å². The van der Waals surface area contributed by atoms with Gasteiger partial charge in [-0.3, -0.25) is 4.90 Å². The summed E-state index contributed by atoms with van der Waals surface area (Å²) in [6, 6.07) is 0.965. The van der Waals surface area contributed by atoms with Crippen LogP contribution < -0.4 is 5.73 Å². The third-order valence-electron chi connectivity index (χ3n) is 3.39. The molecule has 0 radical (unpaired) electrons. The molecule has 2 N–H and O–H groups in total. The summed E-state index contributed by atoms with van der Waals surface area (Å²) in [4.78, 5) is 6.85. The summed E-state index contributed by atoms with van der Waals surface area (Å²) in [5.74, 6) is 1.32. The van der Waals surface area contributed by atoms with Crippen LogP contribution in [-0.2, 0) is 6.42 Å². The lowest BCUT2D eigenvalue weighted by Crippen LogP contribution is -2.36. The second kappa shape index (κ2) is 5.14. The fourth-order valence-electron chi connectivity index (χ4n) is 2.49. The van der Waals surface area contributed by atoms with E-state index >= 15 is 0 Å². The monoisotopic (exact) mass is 238 g/mol. The highest BCUT2D eigenvalue weighted by atomic mass is 16.5. The van der Waals surface area contributed by atoms with E-state index in [2.05, 4.69) is 28.9 Å². The zero-order valence-corrected chi connectivity index (χ0v) is 10.9. The van der Waals surface area contributed by atoms with E-state index in [0.717, 1.165) is 12.3 Å². The van der Waals surface area contributed by atoms with E-state index in [9.17, 15) is 0 Å². The molecular weight excluding hydrogens is 216 g/mol. The van der Waals surface area contributed by atoms with Crippen LogP contribution in [0, 0.1) is 0 Å². The van der Waals surface area contributed by atoms with Crippen molar-refractivity contribution in [3.8, 4) is 0 Å². The lowest BCUT2D eigenvalue weighted by Gasteiger charge is -2.27. The zero-order chi connectivity index (χ0) is 12.4. The first kappa shape index (κ1) is 12.5. The number of aromatic nitrogens is 2. The van der Waals surface area contributed by atoms with Gasteiger partial charge in [0, 0.05) is 18.5 Å². The van der Waals surface area contributed by atoms with Crippen molar-refractivity contribution in [1.29, 1.82) is 0 Å². The molecule has 2 unspecified atom stereocenters. The first-order chi connectivity index (χ1) is 8.08. The molecule has 0 amide bonds. The summed E-state index contributed by atoms with van der Waals surface area (Å²) in [6.07, 6.45) is 3.32. The molecule has 0 aromatic carbocycles. The lowest BCUT2D eigenvalue weighted by atomic mass is 10.1. The number of nitrogens with two attached hydrogens (primary N) is 1. The minimum absolute atomic E-state index is 0.155. The van der Waals surface area contributed by atoms with Crippen LogP contribution in [0.3, 0.4) is 0 Å². The number of nitrogens with zero attached hydrogens (tertiary/aromatic N) is 3. The highest BCUT2D eigenvalue weighted by Gasteiger charge is 2.28. The van der Waals surface area contributed by atoms with Gasteiger partial charge in [0.2, 0.25) is 5.89 Å². The first-order valence-electron chi connectivity index (χ1n) is 6.41. The smallest absolute Gasteiger partial charge is 0.228 e. The molecule has 1 aromatic rings. The Bertz CT molecular complexity index is 361. The molecule has 2 rings (SSSR count). The summed E-state index contributed by atoms with van der Waals surface area (Å²) < 4.78 is 5.25. The van der Waals surface area contributed by atoms with E-state index in [1.807, 2.05) is 6.92 Å². The van der Waals surface area contributed by atoms with Crippen molar-refractivity contribution >= 4 is 0 Å². The topological polar surface area (TPSA) is 68.2 Å². The number of likely N-dealkylation sites (tertiary alicyclic amines) is 1. The van der Waals surface area contributed by atoms with Gasteiger partial charge in [-0.25, -0.2) is 0 Å². The molecule has 96 valence electrons. The van der Waals surface area contributed by atoms with E-state index in [-0.39, 0.29) is 6.04 Å². The van der Waals surface area contributed by atoms with Crippen molar-refractivity contribution < 1.29 is 4.52 Å². The Hall–Kier alpha value is -0.940. The SMILES string of the molecule is CC(N)c1noc(CC2CCCN2C(C)C)n1.